The molecule has 1 heterocycles. The minimum Gasteiger partial charge on any atom is -0.341 e. The Kier molecular flexibility index (Phi) is 4.44. The number of rotatable bonds is 5. The van der Waals surface area contributed by atoms with E-state index in [1.54, 1.807) is 0 Å². The smallest absolute Gasteiger partial charge is 0.0593 e. The highest BCUT2D eigenvalue weighted by molar-refractivity contribution is 6.09. The zero-order valence-electron chi connectivity index (χ0n) is 15.3. The van der Waals surface area contributed by atoms with Crippen LogP contribution < -0.4 is 5.01 Å². The summed E-state index contributed by atoms with van der Waals surface area (Å²) in [4.78, 5) is 0. The van der Waals surface area contributed by atoms with Gasteiger partial charge in [-0.2, -0.15) is 5.10 Å². The highest BCUT2D eigenvalue weighted by Gasteiger charge is 2.09. The molecule has 3 aromatic carbocycles. The van der Waals surface area contributed by atoms with Gasteiger partial charge >= 0.3 is 0 Å². The Morgan fingerprint density at radius 2 is 1.58 bits per heavy atom. The van der Waals surface area contributed by atoms with Gasteiger partial charge in [0.1, 0.15) is 0 Å². The van der Waals surface area contributed by atoms with Gasteiger partial charge in [0.2, 0.25) is 0 Å². The van der Waals surface area contributed by atoms with Crippen molar-refractivity contribution in [1.82, 2.24) is 4.57 Å². The van der Waals surface area contributed by atoms with Crippen molar-refractivity contribution >= 4 is 33.7 Å². The van der Waals surface area contributed by atoms with Crippen LogP contribution in [-0.4, -0.2) is 17.3 Å². The molecule has 3 nitrogen and oxygen atoms in total. The van der Waals surface area contributed by atoms with E-state index in [-0.39, 0.29) is 0 Å². The monoisotopic (exact) mass is 341 g/mol. The minimum absolute atomic E-state index is 0.831. The van der Waals surface area contributed by atoms with Crippen LogP contribution in [0, 0.1) is 0 Å². The molecule has 0 aliphatic carbocycles. The second-order valence-corrected chi connectivity index (χ2v) is 6.33. The molecule has 1 aromatic heterocycles. The van der Waals surface area contributed by atoms with Crippen molar-refractivity contribution in [2.45, 2.75) is 20.4 Å². The van der Waals surface area contributed by atoms with Crippen molar-refractivity contribution in [1.29, 1.82) is 0 Å². The van der Waals surface area contributed by atoms with Gasteiger partial charge in [-0.25, -0.2) is 0 Å². The molecule has 0 radical (unpaired) electrons. The lowest BCUT2D eigenvalue weighted by Crippen LogP contribution is -2.15. The summed E-state index contributed by atoms with van der Waals surface area (Å²) in [7, 11) is 0. The van der Waals surface area contributed by atoms with Gasteiger partial charge in [-0.05, 0) is 49.7 Å². The molecule has 0 aliphatic rings. The van der Waals surface area contributed by atoms with Crippen LogP contribution in [0.3, 0.4) is 0 Å². The molecule has 0 amide bonds. The lowest BCUT2D eigenvalue weighted by Gasteiger charge is -2.16. The summed E-state index contributed by atoms with van der Waals surface area (Å²) < 4.78 is 2.37. The lowest BCUT2D eigenvalue weighted by atomic mass is 10.1. The zero-order valence-corrected chi connectivity index (χ0v) is 15.3. The van der Waals surface area contributed by atoms with E-state index < -0.39 is 0 Å². The highest BCUT2D eigenvalue weighted by atomic mass is 15.4. The summed E-state index contributed by atoms with van der Waals surface area (Å²) in [5.41, 5.74) is 4.79. The molecule has 0 spiro atoms. The first kappa shape index (κ1) is 16.4. The number of hydrazone groups is 1. The van der Waals surface area contributed by atoms with E-state index >= 15 is 0 Å². The first-order valence-corrected chi connectivity index (χ1v) is 9.19. The standard InChI is InChI=1S/C23H23N3/c1-3-25-22-13-9-8-12-20(22)21-16-18(14-15-23(21)25)17-24-26(4-2)19-10-6-5-7-11-19/h5-17H,3-4H2,1-2H3/b24-17+. The summed E-state index contributed by atoms with van der Waals surface area (Å²) in [6, 6.07) is 25.5. The third kappa shape index (κ3) is 2.86. The van der Waals surface area contributed by atoms with Crippen LogP contribution in [0.2, 0.25) is 0 Å². The Bertz CT molecular complexity index is 1060. The molecule has 0 N–H and O–H groups in total. The normalized spacial score (nSPS) is 11.6. The van der Waals surface area contributed by atoms with Crippen LogP contribution in [0.25, 0.3) is 21.8 Å². The lowest BCUT2D eigenvalue weighted by molar-refractivity contribution is 0.827. The third-order valence-electron chi connectivity index (χ3n) is 4.81. The second-order valence-electron chi connectivity index (χ2n) is 6.33. The number of fused-ring (bicyclic) bond motifs is 3. The maximum atomic E-state index is 4.70. The van der Waals surface area contributed by atoms with Gasteiger partial charge in [0.15, 0.2) is 0 Å². The number of anilines is 1. The second kappa shape index (κ2) is 7.04. The Balaban J connectivity index is 1.75. The number of para-hydroxylation sites is 2. The maximum Gasteiger partial charge on any atom is 0.0593 e. The van der Waals surface area contributed by atoms with Crippen molar-refractivity contribution < 1.29 is 0 Å². The van der Waals surface area contributed by atoms with Gasteiger partial charge in [-0.1, -0.05) is 42.5 Å². The topological polar surface area (TPSA) is 20.5 Å². The predicted octanol–water partition coefficient (Wildman–Crippen LogP) is 5.67. The van der Waals surface area contributed by atoms with Gasteiger partial charge in [0.25, 0.3) is 0 Å². The molecular weight excluding hydrogens is 318 g/mol. The number of hydrogen-bond acceptors (Lipinski definition) is 2. The molecule has 0 fully saturated rings. The van der Waals surface area contributed by atoms with Crippen LogP contribution >= 0.6 is 0 Å². The maximum absolute atomic E-state index is 4.70. The summed E-state index contributed by atoms with van der Waals surface area (Å²) in [6.45, 7) is 6.11. The van der Waals surface area contributed by atoms with Gasteiger partial charge < -0.3 is 4.57 Å². The molecule has 0 saturated heterocycles. The fourth-order valence-electron chi connectivity index (χ4n) is 3.56. The number of benzene rings is 3. The average molecular weight is 341 g/mol. The molecule has 0 aliphatic heterocycles. The van der Waals surface area contributed by atoms with Crippen LogP contribution in [0.15, 0.2) is 77.9 Å². The van der Waals surface area contributed by atoms with E-state index in [0.717, 1.165) is 24.3 Å². The summed E-state index contributed by atoms with van der Waals surface area (Å²) in [6.07, 6.45) is 1.95. The van der Waals surface area contributed by atoms with Gasteiger partial charge in [-0.15, -0.1) is 0 Å². The van der Waals surface area contributed by atoms with Gasteiger partial charge in [0, 0.05) is 34.9 Å². The van der Waals surface area contributed by atoms with Gasteiger partial charge in [-0.3, -0.25) is 5.01 Å². The van der Waals surface area contributed by atoms with Crippen molar-refractivity contribution in [2.24, 2.45) is 5.10 Å². The fourth-order valence-corrected chi connectivity index (χ4v) is 3.56. The summed E-state index contributed by atoms with van der Waals surface area (Å²) in [5, 5.41) is 9.30. The SMILES string of the molecule is CCN(/N=C/c1ccc2c(c1)c1ccccc1n2CC)c1ccccc1. The van der Waals surface area contributed by atoms with Crippen molar-refractivity contribution in [3.05, 3.63) is 78.4 Å². The van der Waals surface area contributed by atoms with Crippen molar-refractivity contribution in [3.63, 3.8) is 0 Å². The first-order chi connectivity index (χ1) is 12.8. The first-order valence-electron chi connectivity index (χ1n) is 9.19. The number of hydrogen-bond donors (Lipinski definition) is 0. The molecule has 130 valence electrons. The highest BCUT2D eigenvalue weighted by Crippen LogP contribution is 2.29. The molecule has 0 bridgehead atoms. The average Bonchev–Trinajstić information content (AvgIpc) is 3.02. The van der Waals surface area contributed by atoms with Crippen LogP contribution in [0.4, 0.5) is 5.69 Å². The number of aromatic nitrogens is 1. The van der Waals surface area contributed by atoms with Crippen LogP contribution in [-0.2, 0) is 6.54 Å². The molecule has 4 rings (SSSR count). The fraction of sp³-hybridized carbons (Fsp3) is 0.174. The quantitative estimate of drug-likeness (QED) is 0.338. The summed E-state index contributed by atoms with van der Waals surface area (Å²) >= 11 is 0. The molecule has 3 heteroatoms. The van der Waals surface area contributed by atoms with Crippen LogP contribution in [0.5, 0.6) is 0 Å². The Morgan fingerprint density at radius 1 is 0.846 bits per heavy atom. The molecule has 0 saturated carbocycles. The van der Waals surface area contributed by atoms with E-state index in [2.05, 4.69) is 73.0 Å². The van der Waals surface area contributed by atoms with E-state index in [0.29, 0.717) is 0 Å². The molecular formula is C23H23N3. The van der Waals surface area contributed by atoms with Crippen molar-refractivity contribution in [2.75, 3.05) is 11.6 Å². The molecule has 26 heavy (non-hydrogen) atoms. The van der Waals surface area contributed by atoms with Crippen molar-refractivity contribution in [3.8, 4) is 0 Å². The van der Waals surface area contributed by atoms with E-state index in [1.165, 1.54) is 21.8 Å². The molecule has 0 atom stereocenters. The predicted molar refractivity (Wildman–Crippen MR) is 112 cm³/mol. The number of aryl methyl sites for hydroxylation is 1. The Morgan fingerprint density at radius 3 is 2.35 bits per heavy atom. The largest absolute Gasteiger partial charge is 0.341 e. The van der Waals surface area contributed by atoms with E-state index in [4.69, 9.17) is 5.10 Å². The van der Waals surface area contributed by atoms with Crippen LogP contribution in [0.1, 0.15) is 19.4 Å². The number of nitrogens with zero attached hydrogens (tertiary/aromatic N) is 3. The third-order valence-corrected chi connectivity index (χ3v) is 4.81. The zero-order chi connectivity index (χ0) is 17.9. The minimum atomic E-state index is 0.831. The summed E-state index contributed by atoms with van der Waals surface area (Å²) in [5.74, 6) is 0. The molecule has 4 aromatic rings. The van der Waals surface area contributed by atoms with Gasteiger partial charge in [0.05, 0.1) is 11.9 Å². The van der Waals surface area contributed by atoms with E-state index in [1.807, 2.05) is 29.4 Å². The Hall–Kier alpha value is -3.07. The Labute approximate surface area is 154 Å². The molecule has 0 unspecified atom stereocenters. The van der Waals surface area contributed by atoms with E-state index in [9.17, 15) is 0 Å².